The smallest absolute Gasteiger partial charge is 0.0271 e. The number of rotatable bonds is 2. The van der Waals surface area contributed by atoms with Crippen LogP contribution in [-0.2, 0) is 5.41 Å². The lowest BCUT2D eigenvalue weighted by Crippen LogP contribution is -2.44. The molecule has 5 rings (SSSR count). The Morgan fingerprint density at radius 2 is 1.08 bits per heavy atom. The predicted molar refractivity (Wildman–Crippen MR) is 103 cm³/mol. The molecule has 0 bridgehead atoms. The highest BCUT2D eigenvalue weighted by Gasteiger charge is 2.53. The van der Waals surface area contributed by atoms with Gasteiger partial charge in [-0.3, -0.25) is 0 Å². The maximum atomic E-state index is 3.61. The topological polar surface area (TPSA) is 0 Å². The third kappa shape index (κ3) is 2.26. The summed E-state index contributed by atoms with van der Waals surface area (Å²) >= 11 is 0. The maximum absolute atomic E-state index is 3.61. The minimum atomic E-state index is 0.237. The van der Waals surface area contributed by atoms with E-state index in [1.54, 1.807) is 11.1 Å². The van der Waals surface area contributed by atoms with Gasteiger partial charge in [0.2, 0.25) is 0 Å². The standard InChI is InChI=1S/C25H28/c1-3-11-19(12-4-1)25(20-13-5-2-6-14-20)23-17-9-7-15-21(23)22-16-8-10-18-24(22)25/h7-10,17-20H,1-6,11-14H2. The molecule has 3 aliphatic carbocycles. The second kappa shape index (κ2) is 6.31. The Kier molecular flexibility index (Phi) is 3.95. The fourth-order valence-corrected chi connectivity index (χ4v) is 6.45. The molecule has 3 aliphatic rings. The molecule has 0 heterocycles. The van der Waals surface area contributed by atoms with E-state index in [1.807, 2.05) is 0 Å². The highest BCUT2D eigenvalue weighted by Crippen LogP contribution is 2.61. The van der Waals surface area contributed by atoms with Crippen molar-refractivity contribution in [3.05, 3.63) is 59.7 Å². The van der Waals surface area contributed by atoms with Gasteiger partial charge in [0.1, 0.15) is 0 Å². The molecule has 2 radical (unpaired) electrons. The van der Waals surface area contributed by atoms with Gasteiger partial charge < -0.3 is 0 Å². The fraction of sp³-hybridized carbons (Fsp3) is 0.520. The van der Waals surface area contributed by atoms with E-state index < -0.39 is 0 Å². The maximum Gasteiger partial charge on any atom is 0.0271 e. The van der Waals surface area contributed by atoms with Crippen LogP contribution in [0.25, 0.3) is 11.1 Å². The number of hydrogen-bond acceptors (Lipinski definition) is 0. The highest BCUT2D eigenvalue weighted by molar-refractivity contribution is 5.80. The van der Waals surface area contributed by atoms with E-state index in [0.29, 0.717) is 0 Å². The van der Waals surface area contributed by atoms with Crippen LogP contribution in [0.2, 0.25) is 0 Å². The zero-order valence-corrected chi connectivity index (χ0v) is 15.2. The first kappa shape index (κ1) is 15.7. The lowest BCUT2D eigenvalue weighted by atomic mass is 9.55. The largest absolute Gasteiger partial charge is 0.0613 e. The molecular weight excluding hydrogens is 300 g/mol. The second-order valence-corrected chi connectivity index (χ2v) is 8.46. The van der Waals surface area contributed by atoms with Gasteiger partial charge in [0.25, 0.3) is 0 Å². The van der Waals surface area contributed by atoms with E-state index in [4.69, 9.17) is 0 Å². The summed E-state index contributed by atoms with van der Waals surface area (Å²) in [6, 6.07) is 20.7. The van der Waals surface area contributed by atoms with Crippen molar-refractivity contribution in [3.8, 4) is 11.1 Å². The Labute approximate surface area is 152 Å². The van der Waals surface area contributed by atoms with Crippen LogP contribution in [0.1, 0.15) is 75.3 Å². The minimum absolute atomic E-state index is 0.237. The van der Waals surface area contributed by atoms with Gasteiger partial charge in [0.05, 0.1) is 0 Å². The van der Waals surface area contributed by atoms with Gasteiger partial charge in [-0.25, -0.2) is 0 Å². The quantitative estimate of drug-likeness (QED) is 0.574. The van der Waals surface area contributed by atoms with Gasteiger partial charge in [-0.05, 0) is 71.9 Å². The summed E-state index contributed by atoms with van der Waals surface area (Å²) in [6.07, 6.45) is 14.1. The van der Waals surface area contributed by atoms with Gasteiger partial charge in [0.15, 0.2) is 0 Å². The molecule has 0 aromatic heterocycles. The molecule has 2 fully saturated rings. The minimum Gasteiger partial charge on any atom is -0.0613 e. The molecule has 2 saturated carbocycles. The zero-order chi connectivity index (χ0) is 16.7. The van der Waals surface area contributed by atoms with Crippen LogP contribution in [0.15, 0.2) is 36.4 Å². The van der Waals surface area contributed by atoms with Crippen molar-refractivity contribution in [3.63, 3.8) is 0 Å². The lowest BCUT2D eigenvalue weighted by Gasteiger charge is -2.48. The monoisotopic (exact) mass is 328 g/mol. The summed E-state index contributed by atoms with van der Waals surface area (Å²) in [4.78, 5) is 0. The third-order valence-electron chi connectivity index (χ3n) is 7.35. The van der Waals surface area contributed by atoms with Crippen LogP contribution in [0.5, 0.6) is 0 Å². The molecule has 0 unspecified atom stereocenters. The Morgan fingerprint density at radius 1 is 0.640 bits per heavy atom. The molecule has 128 valence electrons. The van der Waals surface area contributed by atoms with Gasteiger partial charge in [-0.2, -0.15) is 0 Å². The summed E-state index contributed by atoms with van der Waals surface area (Å²) in [5.74, 6) is 1.60. The summed E-state index contributed by atoms with van der Waals surface area (Å²) in [5.41, 5.74) is 6.13. The summed E-state index contributed by atoms with van der Waals surface area (Å²) in [6.45, 7) is 0. The van der Waals surface area contributed by atoms with Crippen molar-refractivity contribution in [1.82, 2.24) is 0 Å². The predicted octanol–water partition coefficient (Wildman–Crippen LogP) is 6.71. The Hall–Kier alpha value is -1.56. The summed E-state index contributed by atoms with van der Waals surface area (Å²) in [5, 5.41) is 0. The Bertz CT molecular complexity index is 679. The summed E-state index contributed by atoms with van der Waals surface area (Å²) < 4.78 is 0. The average Bonchev–Trinajstić information content (AvgIpc) is 3.01. The van der Waals surface area contributed by atoms with Crippen LogP contribution in [0.3, 0.4) is 0 Å². The van der Waals surface area contributed by atoms with Crippen molar-refractivity contribution in [2.24, 2.45) is 11.8 Å². The van der Waals surface area contributed by atoms with Gasteiger partial charge in [0, 0.05) is 5.41 Å². The van der Waals surface area contributed by atoms with Gasteiger partial charge >= 0.3 is 0 Å². The second-order valence-electron chi connectivity index (χ2n) is 8.46. The van der Waals surface area contributed by atoms with E-state index in [9.17, 15) is 0 Å². The van der Waals surface area contributed by atoms with Crippen LogP contribution in [0, 0.1) is 24.0 Å². The molecule has 0 amide bonds. The first-order valence-corrected chi connectivity index (χ1v) is 10.4. The molecule has 0 N–H and O–H groups in total. The van der Waals surface area contributed by atoms with Crippen molar-refractivity contribution in [1.29, 1.82) is 0 Å². The van der Waals surface area contributed by atoms with Crippen molar-refractivity contribution < 1.29 is 0 Å². The van der Waals surface area contributed by atoms with Crippen LogP contribution in [-0.4, -0.2) is 0 Å². The highest BCUT2D eigenvalue weighted by atomic mass is 14.6. The number of hydrogen-bond donors (Lipinski definition) is 0. The van der Waals surface area contributed by atoms with Crippen molar-refractivity contribution in [2.75, 3.05) is 0 Å². The Balaban J connectivity index is 1.76. The molecule has 0 spiro atoms. The lowest BCUT2D eigenvalue weighted by molar-refractivity contribution is 0.137. The molecule has 0 saturated heterocycles. The number of fused-ring (bicyclic) bond motifs is 3. The van der Waals surface area contributed by atoms with E-state index in [1.165, 1.54) is 75.3 Å². The molecule has 0 heteroatoms. The normalized spacial score (nSPS) is 23.2. The fourth-order valence-electron chi connectivity index (χ4n) is 6.45. The average molecular weight is 328 g/mol. The van der Waals surface area contributed by atoms with Crippen molar-refractivity contribution >= 4 is 0 Å². The van der Waals surface area contributed by atoms with Gasteiger partial charge in [-0.1, -0.05) is 74.9 Å². The van der Waals surface area contributed by atoms with Gasteiger partial charge in [-0.15, -0.1) is 0 Å². The molecule has 25 heavy (non-hydrogen) atoms. The van der Waals surface area contributed by atoms with Crippen molar-refractivity contribution in [2.45, 2.75) is 69.6 Å². The van der Waals surface area contributed by atoms with E-state index in [-0.39, 0.29) is 5.41 Å². The molecule has 0 atom stereocenters. The van der Waals surface area contributed by atoms with Crippen LogP contribution in [0.4, 0.5) is 0 Å². The Morgan fingerprint density at radius 3 is 1.52 bits per heavy atom. The third-order valence-corrected chi connectivity index (χ3v) is 7.35. The molecule has 2 aromatic rings. The van der Waals surface area contributed by atoms with Crippen LogP contribution < -0.4 is 0 Å². The first-order valence-electron chi connectivity index (χ1n) is 10.4. The molecule has 0 aliphatic heterocycles. The number of benzene rings is 2. The van der Waals surface area contributed by atoms with E-state index in [0.717, 1.165) is 11.8 Å². The molecule has 0 nitrogen and oxygen atoms in total. The SMILES string of the molecule is [c]1cccc2c1-c1[c]cccc1C2(C1CCCCC1)C1CCCCC1. The van der Waals surface area contributed by atoms with E-state index >= 15 is 0 Å². The first-order chi connectivity index (χ1) is 12.4. The molecule has 2 aromatic carbocycles. The van der Waals surface area contributed by atoms with Crippen LogP contribution >= 0.6 is 0 Å². The van der Waals surface area contributed by atoms with E-state index in [2.05, 4.69) is 48.5 Å². The summed E-state index contributed by atoms with van der Waals surface area (Å²) in [7, 11) is 0. The zero-order valence-electron chi connectivity index (χ0n) is 15.2. The molecular formula is C25H28.